The van der Waals surface area contributed by atoms with Gasteiger partial charge in [-0.15, -0.1) is 11.3 Å². The Balaban J connectivity index is 1.68. The standard InChI is InChI=1S/C10H13IN2OS/c11-9-3-2-8(15-9)4-5-12-10(14)13-6-1-7-13/h2-3H,1,4-7H2,(H,12,14). The van der Waals surface area contributed by atoms with Gasteiger partial charge in [0.15, 0.2) is 0 Å². The minimum Gasteiger partial charge on any atom is -0.338 e. The third-order valence-electron chi connectivity index (χ3n) is 2.42. The number of halogens is 1. The molecule has 1 aliphatic heterocycles. The van der Waals surface area contributed by atoms with Crippen molar-refractivity contribution < 1.29 is 4.79 Å². The highest BCUT2D eigenvalue weighted by Crippen LogP contribution is 2.18. The second kappa shape index (κ2) is 5.16. The predicted molar refractivity (Wildman–Crippen MR) is 70.3 cm³/mol. The minimum absolute atomic E-state index is 0.0903. The molecule has 15 heavy (non-hydrogen) atoms. The highest BCUT2D eigenvalue weighted by molar-refractivity contribution is 14.1. The van der Waals surface area contributed by atoms with Crippen LogP contribution in [0.4, 0.5) is 4.79 Å². The zero-order chi connectivity index (χ0) is 10.7. The normalized spacial score (nSPS) is 14.9. The van der Waals surface area contributed by atoms with Gasteiger partial charge in [-0.1, -0.05) is 0 Å². The Kier molecular flexibility index (Phi) is 3.85. The van der Waals surface area contributed by atoms with Crippen LogP contribution in [0, 0.1) is 2.88 Å². The lowest BCUT2D eigenvalue weighted by Crippen LogP contribution is -2.48. The van der Waals surface area contributed by atoms with Gasteiger partial charge in [-0.25, -0.2) is 4.79 Å². The van der Waals surface area contributed by atoms with E-state index in [1.54, 1.807) is 11.3 Å². The third kappa shape index (κ3) is 3.07. The summed E-state index contributed by atoms with van der Waals surface area (Å²) in [5.74, 6) is 0. The molecule has 0 bridgehead atoms. The Hall–Kier alpha value is -0.300. The first-order chi connectivity index (χ1) is 7.25. The van der Waals surface area contributed by atoms with Gasteiger partial charge in [-0.2, -0.15) is 0 Å². The van der Waals surface area contributed by atoms with Crippen LogP contribution in [-0.2, 0) is 6.42 Å². The smallest absolute Gasteiger partial charge is 0.317 e. The number of carbonyl (C=O) groups is 1. The molecule has 0 radical (unpaired) electrons. The molecule has 2 rings (SSSR count). The maximum atomic E-state index is 11.4. The van der Waals surface area contributed by atoms with Crippen molar-refractivity contribution in [3.05, 3.63) is 19.9 Å². The zero-order valence-electron chi connectivity index (χ0n) is 8.33. The van der Waals surface area contributed by atoms with Gasteiger partial charge in [-0.3, -0.25) is 0 Å². The van der Waals surface area contributed by atoms with E-state index in [0.717, 1.165) is 32.5 Å². The van der Waals surface area contributed by atoms with Crippen molar-refractivity contribution in [2.45, 2.75) is 12.8 Å². The first-order valence-corrected chi connectivity index (χ1v) is 6.92. The molecule has 0 aromatic carbocycles. The van der Waals surface area contributed by atoms with Crippen LogP contribution in [0.15, 0.2) is 12.1 Å². The molecule has 5 heteroatoms. The molecule has 1 aromatic rings. The number of amides is 2. The van der Waals surface area contributed by atoms with E-state index in [2.05, 4.69) is 40.0 Å². The summed E-state index contributed by atoms with van der Waals surface area (Å²) in [5, 5.41) is 2.93. The Morgan fingerprint density at radius 2 is 2.33 bits per heavy atom. The lowest BCUT2D eigenvalue weighted by Gasteiger charge is -2.30. The second-order valence-corrected chi connectivity index (χ2v) is 6.59. The van der Waals surface area contributed by atoms with Crippen LogP contribution >= 0.6 is 33.9 Å². The monoisotopic (exact) mass is 336 g/mol. The van der Waals surface area contributed by atoms with Crippen LogP contribution < -0.4 is 5.32 Å². The van der Waals surface area contributed by atoms with E-state index in [1.165, 1.54) is 7.76 Å². The minimum atomic E-state index is 0.0903. The van der Waals surface area contributed by atoms with Crippen LogP contribution in [0.25, 0.3) is 0 Å². The van der Waals surface area contributed by atoms with Gasteiger partial charge in [0.1, 0.15) is 0 Å². The van der Waals surface area contributed by atoms with E-state index in [4.69, 9.17) is 0 Å². The van der Waals surface area contributed by atoms with E-state index in [-0.39, 0.29) is 6.03 Å². The summed E-state index contributed by atoms with van der Waals surface area (Å²) >= 11 is 4.10. The molecule has 2 heterocycles. The Morgan fingerprint density at radius 1 is 1.53 bits per heavy atom. The topological polar surface area (TPSA) is 32.3 Å². The molecule has 0 spiro atoms. The van der Waals surface area contributed by atoms with E-state index in [0.29, 0.717) is 0 Å². The lowest BCUT2D eigenvalue weighted by atomic mass is 10.2. The zero-order valence-corrected chi connectivity index (χ0v) is 11.3. The summed E-state index contributed by atoms with van der Waals surface area (Å²) < 4.78 is 1.30. The van der Waals surface area contributed by atoms with E-state index >= 15 is 0 Å². The van der Waals surface area contributed by atoms with Gasteiger partial charge >= 0.3 is 6.03 Å². The highest BCUT2D eigenvalue weighted by Gasteiger charge is 2.19. The summed E-state index contributed by atoms with van der Waals surface area (Å²) in [6.45, 7) is 2.58. The van der Waals surface area contributed by atoms with Crippen molar-refractivity contribution in [3.63, 3.8) is 0 Å². The van der Waals surface area contributed by atoms with Crippen molar-refractivity contribution in [3.8, 4) is 0 Å². The largest absolute Gasteiger partial charge is 0.338 e. The van der Waals surface area contributed by atoms with Crippen molar-refractivity contribution >= 4 is 40.0 Å². The molecule has 1 fully saturated rings. The number of rotatable bonds is 3. The average Bonchev–Trinajstić information content (AvgIpc) is 2.48. The Labute approximate surface area is 107 Å². The van der Waals surface area contributed by atoms with Gasteiger partial charge in [-0.05, 0) is 47.6 Å². The first-order valence-electron chi connectivity index (χ1n) is 5.03. The van der Waals surface area contributed by atoms with E-state index < -0.39 is 0 Å². The van der Waals surface area contributed by atoms with Crippen molar-refractivity contribution in [1.29, 1.82) is 0 Å². The molecule has 1 saturated heterocycles. The second-order valence-electron chi connectivity index (χ2n) is 3.53. The number of hydrogen-bond donors (Lipinski definition) is 1. The van der Waals surface area contributed by atoms with Crippen LogP contribution in [0.5, 0.6) is 0 Å². The summed E-state index contributed by atoms with van der Waals surface area (Å²) in [6.07, 6.45) is 2.09. The highest BCUT2D eigenvalue weighted by atomic mass is 127. The number of carbonyl (C=O) groups excluding carboxylic acids is 1. The van der Waals surface area contributed by atoms with Crippen molar-refractivity contribution in [2.24, 2.45) is 0 Å². The summed E-state index contributed by atoms with van der Waals surface area (Å²) in [5.41, 5.74) is 0. The summed E-state index contributed by atoms with van der Waals surface area (Å²) in [7, 11) is 0. The fourth-order valence-corrected chi connectivity index (χ4v) is 3.16. The Morgan fingerprint density at radius 3 is 2.87 bits per heavy atom. The molecule has 2 amide bonds. The molecule has 1 N–H and O–H groups in total. The van der Waals surface area contributed by atoms with Crippen LogP contribution in [0.3, 0.4) is 0 Å². The maximum Gasteiger partial charge on any atom is 0.317 e. The lowest BCUT2D eigenvalue weighted by molar-refractivity contribution is 0.168. The molecular weight excluding hydrogens is 323 g/mol. The maximum absolute atomic E-state index is 11.4. The summed E-state index contributed by atoms with van der Waals surface area (Å²) in [6, 6.07) is 4.33. The Bertz CT molecular complexity index is 349. The molecule has 0 aliphatic carbocycles. The molecule has 82 valence electrons. The molecule has 1 aromatic heterocycles. The summed E-state index contributed by atoms with van der Waals surface area (Å²) in [4.78, 5) is 14.6. The van der Waals surface area contributed by atoms with Crippen molar-refractivity contribution in [1.82, 2.24) is 10.2 Å². The quantitative estimate of drug-likeness (QED) is 0.844. The number of urea groups is 1. The number of nitrogens with zero attached hydrogens (tertiary/aromatic N) is 1. The number of nitrogens with one attached hydrogen (secondary N) is 1. The molecule has 0 saturated carbocycles. The van der Waals surface area contributed by atoms with Crippen LogP contribution in [0.2, 0.25) is 0 Å². The molecule has 1 aliphatic rings. The molecule has 0 unspecified atom stereocenters. The van der Waals surface area contributed by atoms with E-state index in [1.807, 2.05) is 4.90 Å². The van der Waals surface area contributed by atoms with Crippen LogP contribution in [-0.4, -0.2) is 30.6 Å². The fraction of sp³-hybridized carbons (Fsp3) is 0.500. The predicted octanol–water partition coefficient (Wildman–Crippen LogP) is 2.31. The van der Waals surface area contributed by atoms with Gasteiger partial charge in [0.25, 0.3) is 0 Å². The van der Waals surface area contributed by atoms with Gasteiger partial charge < -0.3 is 10.2 Å². The fourth-order valence-electron chi connectivity index (χ4n) is 1.41. The number of hydrogen-bond acceptors (Lipinski definition) is 2. The average molecular weight is 336 g/mol. The third-order valence-corrected chi connectivity index (χ3v) is 4.37. The van der Waals surface area contributed by atoms with Gasteiger partial charge in [0, 0.05) is 24.5 Å². The van der Waals surface area contributed by atoms with Gasteiger partial charge in [0.05, 0.1) is 2.88 Å². The first kappa shape index (κ1) is 11.2. The van der Waals surface area contributed by atoms with E-state index in [9.17, 15) is 4.79 Å². The number of thiophene rings is 1. The SMILES string of the molecule is O=C(NCCc1ccc(I)s1)N1CCC1. The number of likely N-dealkylation sites (tertiary alicyclic amines) is 1. The molecular formula is C10H13IN2OS. The van der Waals surface area contributed by atoms with Gasteiger partial charge in [0.2, 0.25) is 0 Å². The van der Waals surface area contributed by atoms with Crippen LogP contribution in [0.1, 0.15) is 11.3 Å². The van der Waals surface area contributed by atoms with Crippen molar-refractivity contribution in [2.75, 3.05) is 19.6 Å². The molecule has 3 nitrogen and oxygen atoms in total. The molecule has 0 atom stereocenters.